The number of carboxylic acid groups (broad SMARTS) is 1. The van der Waals surface area contributed by atoms with Crippen molar-refractivity contribution < 1.29 is 12.8 Å². The number of aliphatic carboxylic acids is 1. The zero-order valence-electron chi connectivity index (χ0n) is 16.1. The Labute approximate surface area is 150 Å². The molecule has 0 atom stereocenters. The molecule has 0 spiro atoms. The molecule has 0 aromatic heterocycles. The third-order valence-corrected chi connectivity index (χ3v) is 3.65. The molecular weight excluding hydrogens is 273 g/mol. The summed E-state index contributed by atoms with van der Waals surface area (Å²) in [4.78, 5) is 10.3. The van der Waals surface area contributed by atoms with Gasteiger partial charge >= 0.3 is 29.0 Å². The molecule has 0 aliphatic heterocycles. The molecule has 0 unspecified atom stereocenters. The Morgan fingerprint density at radius 3 is 1.71 bits per heavy atom. The van der Waals surface area contributed by atoms with Gasteiger partial charge in [-0.1, -0.05) is 70.4 Å². The van der Waals surface area contributed by atoms with E-state index in [1.54, 1.807) is 0 Å². The third-order valence-electron chi connectivity index (χ3n) is 3.65. The molecule has 0 amide bonds. The molecule has 3 heteroatoms. The van der Waals surface area contributed by atoms with Crippen molar-refractivity contribution >= 4 is 29.0 Å². The fourth-order valence-corrected chi connectivity index (χ4v) is 2.35. The van der Waals surface area contributed by atoms with Gasteiger partial charge in [-0.15, -0.1) is 0 Å². The number of carbonyl (C=O) groups is 1. The largest absolute Gasteiger partial charge is 2.00 e. The molecule has 0 radical (unpaired) electrons. The summed E-state index contributed by atoms with van der Waals surface area (Å²) >= 11 is 0. The van der Waals surface area contributed by atoms with E-state index in [4.69, 9.17) is 5.11 Å². The van der Waals surface area contributed by atoms with Gasteiger partial charge in [-0.25, -0.2) is 0 Å². The van der Waals surface area contributed by atoms with Crippen molar-refractivity contribution in [2.75, 3.05) is 0 Å². The van der Waals surface area contributed by atoms with E-state index < -0.39 is 5.97 Å². The summed E-state index contributed by atoms with van der Waals surface area (Å²) in [6, 6.07) is 0. The van der Waals surface area contributed by atoms with E-state index in [-0.39, 0.29) is 25.9 Å². The van der Waals surface area contributed by atoms with Crippen LogP contribution in [0.1, 0.15) is 99.7 Å². The molecule has 2 nitrogen and oxygen atoms in total. The van der Waals surface area contributed by atoms with Crippen LogP contribution in [-0.2, 0) is 4.79 Å². The number of unbranched alkanes of at least 4 members (excludes halogenated alkanes) is 11. The van der Waals surface area contributed by atoms with Crippen LogP contribution in [0.25, 0.3) is 0 Å². The quantitative estimate of drug-likeness (QED) is 0.230. The first kappa shape index (κ1) is 23.2. The van der Waals surface area contributed by atoms with Gasteiger partial charge in [0.1, 0.15) is 0 Å². The Kier molecular flexibility index (Phi) is 22.1. The van der Waals surface area contributed by atoms with Gasteiger partial charge in [-0.2, -0.15) is 0 Å². The standard InChI is InChI=1S/C18H34O2.Mg.2H/c1-2-3-4-5-6-7-8-9-10-11-12-13-14-15-16-17-18(19)20;;;/h9-10H,2-8,11-17H2,1H3,(H,19,20);;;/q;+2;2*-1. The molecular formula is C18H36MgO2. The minimum absolute atomic E-state index is 0. The zero-order chi connectivity index (χ0) is 14.9. The minimum Gasteiger partial charge on any atom is -1.00 e. The zero-order valence-corrected chi connectivity index (χ0v) is 15.5. The Morgan fingerprint density at radius 1 is 0.810 bits per heavy atom. The monoisotopic (exact) mass is 308 g/mol. The predicted octanol–water partition coefficient (Wildman–Crippen LogP) is 5.95. The Balaban J connectivity index is -0.000000602. The molecule has 0 saturated carbocycles. The third kappa shape index (κ3) is 22.4. The van der Waals surface area contributed by atoms with Gasteiger partial charge in [0.25, 0.3) is 0 Å². The molecule has 0 aliphatic carbocycles. The van der Waals surface area contributed by atoms with Crippen molar-refractivity contribution in [2.24, 2.45) is 0 Å². The molecule has 1 N–H and O–H groups in total. The van der Waals surface area contributed by atoms with Crippen molar-refractivity contribution in [1.82, 2.24) is 0 Å². The first-order valence-corrected chi connectivity index (χ1v) is 8.64. The van der Waals surface area contributed by atoms with Gasteiger partial charge in [0.15, 0.2) is 0 Å². The van der Waals surface area contributed by atoms with E-state index in [2.05, 4.69) is 19.1 Å². The van der Waals surface area contributed by atoms with Crippen molar-refractivity contribution in [2.45, 2.75) is 96.8 Å². The second kappa shape index (κ2) is 20.0. The molecule has 0 bridgehead atoms. The van der Waals surface area contributed by atoms with Crippen LogP contribution in [0.5, 0.6) is 0 Å². The summed E-state index contributed by atoms with van der Waals surface area (Å²) in [5, 5.41) is 8.51. The van der Waals surface area contributed by atoms with Crippen LogP contribution in [0.4, 0.5) is 0 Å². The van der Waals surface area contributed by atoms with Gasteiger partial charge in [0, 0.05) is 6.42 Å². The van der Waals surface area contributed by atoms with E-state index in [1.807, 2.05) is 0 Å². The normalized spacial score (nSPS) is 10.7. The van der Waals surface area contributed by atoms with Crippen LogP contribution in [0.2, 0.25) is 0 Å². The number of hydrogen-bond donors (Lipinski definition) is 1. The van der Waals surface area contributed by atoms with E-state index in [9.17, 15) is 4.79 Å². The molecule has 0 saturated heterocycles. The van der Waals surface area contributed by atoms with Crippen LogP contribution >= 0.6 is 0 Å². The summed E-state index contributed by atoms with van der Waals surface area (Å²) in [6.07, 6.45) is 21.2. The fraction of sp³-hybridized carbons (Fsp3) is 0.833. The van der Waals surface area contributed by atoms with Gasteiger partial charge in [0.2, 0.25) is 0 Å². The van der Waals surface area contributed by atoms with E-state index >= 15 is 0 Å². The molecule has 0 aromatic carbocycles. The molecule has 0 aliphatic rings. The molecule has 0 heterocycles. The number of rotatable bonds is 15. The van der Waals surface area contributed by atoms with E-state index in [0.29, 0.717) is 6.42 Å². The van der Waals surface area contributed by atoms with Crippen LogP contribution in [0.15, 0.2) is 12.2 Å². The second-order valence-electron chi connectivity index (χ2n) is 5.73. The summed E-state index contributed by atoms with van der Waals surface area (Å²) < 4.78 is 0. The molecule has 0 aromatic rings. The molecule has 0 rings (SSSR count). The predicted molar refractivity (Wildman–Crippen MR) is 95.1 cm³/mol. The van der Waals surface area contributed by atoms with Gasteiger partial charge < -0.3 is 7.96 Å². The molecule has 21 heavy (non-hydrogen) atoms. The van der Waals surface area contributed by atoms with Gasteiger partial charge in [-0.05, 0) is 32.1 Å². The van der Waals surface area contributed by atoms with Crippen LogP contribution in [-0.4, -0.2) is 34.1 Å². The second-order valence-corrected chi connectivity index (χ2v) is 5.73. The smallest absolute Gasteiger partial charge is 1.00 e. The average Bonchev–Trinajstić information content (AvgIpc) is 2.43. The number of carboxylic acids is 1. The van der Waals surface area contributed by atoms with Crippen LogP contribution < -0.4 is 0 Å². The summed E-state index contributed by atoms with van der Waals surface area (Å²) in [5.74, 6) is -0.664. The van der Waals surface area contributed by atoms with Crippen molar-refractivity contribution in [1.29, 1.82) is 0 Å². The van der Waals surface area contributed by atoms with Gasteiger partial charge in [-0.3, -0.25) is 4.79 Å². The van der Waals surface area contributed by atoms with Crippen LogP contribution in [0, 0.1) is 0 Å². The molecule has 122 valence electrons. The summed E-state index contributed by atoms with van der Waals surface area (Å²) in [7, 11) is 0. The summed E-state index contributed by atoms with van der Waals surface area (Å²) in [5.41, 5.74) is 0. The first-order valence-electron chi connectivity index (χ1n) is 8.64. The maximum Gasteiger partial charge on any atom is 2.00 e. The van der Waals surface area contributed by atoms with Crippen molar-refractivity contribution in [3.8, 4) is 0 Å². The average molecular weight is 309 g/mol. The topological polar surface area (TPSA) is 37.3 Å². The SMILES string of the molecule is CCCCCCCCC=CCCCCCCCC(=O)O.[H-].[H-].[Mg+2]. The first-order chi connectivity index (χ1) is 9.77. The fourth-order valence-electron chi connectivity index (χ4n) is 2.35. The Morgan fingerprint density at radius 2 is 1.24 bits per heavy atom. The maximum absolute atomic E-state index is 10.3. The summed E-state index contributed by atoms with van der Waals surface area (Å²) in [6.45, 7) is 2.26. The Bertz CT molecular complexity index is 249. The number of allylic oxidation sites excluding steroid dienone is 2. The minimum atomic E-state index is -0.664. The van der Waals surface area contributed by atoms with E-state index in [1.165, 1.54) is 70.6 Å². The number of hydrogen-bond acceptors (Lipinski definition) is 1. The van der Waals surface area contributed by atoms with E-state index in [0.717, 1.165) is 12.8 Å². The maximum atomic E-state index is 10.3. The molecule has 0 fully saturated rings. The Hall–Kier alpha value is -0.0238. The van der Waals surface area contributed by atoms with Gasteiger partial charge in [0.05, 0.1) is 0 Å². The van der Waals surface area contributed by atoms with Crippen molar-refractivity contribution in [3.63, 3.8) is 0 Å². The van der Waals surface area contributed by atoms with Crippen molar-refractivity contribution in [3.05, 3.63) is 12.2 Å². The van der Waals surface area contributed by atoms with Crippen LogP contribution in [0.3, 0.4) is 0 Å².